The lowest BCUT2D eigenvalue weighted by molar-refractivity contribution is -0.177. The number of hydrogen-bond donors (Lipinski definition) is 0. The Morgan fingerprint density at radius 3 is 2.32 bits per heavy atom. The van der Waals surface area contributed by atoms with Crippen LogP contribution in [0.25, 0.3) is 0 Å². The molecule has 0 amide bonds. The maximum atomic E-state index is 13.6. The van der Waals surface area contributed by atoms with Crippen molar-refractivity contribution in [2.45, 2.75) is 71.8 Å². The van der Waals surface area contributed by atoms with E-state index in [1.165, 1.54) is 12.8 Å². The first-order chi connectivity index (χ1) is 14.9. The van der Waals surface area contributed by atoms with Crippen LogP contribution in [0, 0.1) is 53.3 Å². The fourth-order valence-electron chi connectivity index (χ4n) is 7.96. The molecule has 5 saturated carbocycles. The van der Waals surface area contributed by atoms with Gasteiger partial charge in [0, 0.05) is 11.5 Å². The van der Waals surface area contributed by atoms with Gasteiger partial charge in [0.1, 0.15) is 6.10 Å². The van der Waals surface area contributed by atoms with E-state index in [9.17, 15) is 9.59 Å². The van der Waals surface area contributed by atoms with E-state index in [1.807, 2.05) is 30.3 Å². The van der Waals surface area contributed by atoms with Gasteiger partial charge in [-0.05, 0) is 80.0 Å². The minimum absolute atomic E-state index is 0.000995. The molecule has 3 nitrogen and oxygen atoms in total. The summed E-state index contributed by atoms with van der Waals surface area (Å²) in [6.07, 6.45) is 7.85. The summed E-state index contributed by atoms with van der Waals surface area (Å²) in [5.74, 6) is 3.60. The number of carbonyl (C=O) groups excluding carboxylic acids is 2. The predicted molar refractivity (Wildman–Crippen MR) is 121 cm³/mol. The molecule has 31 heavy (non-hydrogen) atoms. The predicted octanol–water partition coefficient (Wildman–Crippen LogP) is 6.17. The Hall–Kier alpha value is -1.64. The molecule has 4 bridgehead atoms. The maximum absolute atomic E-state index is 13.6. The number of ether oxygens (including phenoxy) is 1. The molecule has 5 aliphatic rings. The third-order valence-electron chi connectivity index (χ3n) is 9.28. The number of ketones is 1. The minimum atomic E-state index is -0.0736. The van der Waals surface area contributed by atoms with Gasteiger partial charge in [-0.25, -0.2) is 0 Å². The molecular formula is C28H38O3. The van der Waals surface area contributed by atoms with Crippen molar-refractivity contribution in [3.8, 4) is 0 Å². The fourth-order valence-corrected chi connectivity index (χ4v) is 7.96. The first-order valence-corrected chi connectivity index (χ1v) is 12.7. The molecule has 5 aliphatic carbocycles. The van der Waals surface area contributed by atoms with E-state index in [-0.39, 0.29) is 35.6 Å². The average molecular weight is 423 g/mol. The number of carbonyl (C=O) groups is 2. The highest BCUT2D eigenvalue weighted by atomic mass is 16.5. The van der Waals surface area contributed by atoms with Gasteiger partial charge in [0.15, 0.2) is 5.78 Å². The van der Waals surface area contributed by atoms with Crippen LogP contribution in [0.5, 0.6) is 0 Å². The topological polar surface area (TPSA) is 43.4 Å². The summed E-state index contributed by atoms with van der Waals surface area (Å²) in [5.41, 5.74) is 0.813. The van der Waals surface area contributed by atoms with Gasteiger partial charge in [-0.3, -0.25) is 9.59 Å². The lowest BCUT2D eigenvalue weighted by Gasteiger charge is -2.57. The Bertz CT molecular complexity index is 815. The van der Waals surface area contributed by atoms with Crippen LogP contribution in [-0.2, 0) is 9.53 Å². The highest BCUT2D eigenvalue weighted by Gasteiger charge is 2.58. The highest BCUT2D eigenvalue weighted by Crippen LogP contribution is 2.60. The third-order valence-corrected chi connectivity index (χ3v) is 9.28. The molecule has 9 atom stereocenters. The van der Waals surface area contributed by atoms with Gasteiger partial charge in [0.05, 0.1) is 5.92 Å². The summed E-state index contributed by atoms with van der Waals surface area (Å²) in [6, 6.07) is 9.75. The molecule has 3 heteroatoms. The summed E-state index contributed by atoms with van der Waals surface area (Å²) in [5, 5.41) is 0. The normalized spacial score (nSPS) is 41.4. The monoisotopic (exact) mass is 422 g/mol. The molecule has 0 aliphatic heterocycles. The van der Waals surface area contributed by atoms with Crippen molar-refractivity contribution in [1.82, 2.24) is 0 Å². The number of rotatable bonds is 5. The van der Waals surface area contributed by atoms with E-state index >= 15 is 0 Å². The van der Waals surface area contributed by atoms with Crippen molar-refractivity contribution in [2.75, 3.05) is 0 Å². The van der Waals surface area contributed by atoms with Crippen LogP contribution >= 0.6 is 0 Å². The molecule has 0 radical (unpaired) electrons. The Morgan fingerprint density at radius 2 is 1.61 bits per heavy atom. The number of esters is 1. The fraction of sp³-hybridized carbons (Fsp3) is 0.714. The van der Waals surface area contributed by atoms with Crippen molar-refractivity contribution >= 4 is 11.8 Å². The number of Topliss-reactive ketones (excluding diaryl/α,β-unsaturated/α-hetero) is 1. The van der Waals surface area contributed by atoms with Gasteiger partial charge in [0.25, 0.3) is 0 Å². The van der Waals surface area contributed by atoms with Gasteiger partial charge in [-0.1, -0.05) is 57.5 Å². The second-order valence-corrected chi connectivity index (χ2v) is 11.6. The quantitative estimate of drug-likeness (QED) is 0.421. The van der Waals surface area contributed by atoms with Crippen LogP contribution in [0.15, 0.2) is 30.3 Å². The van der Waals surface area contributed by atoms with E-state index in [2.05, 4.69) is 20.8 Å². The lowest BCUT2D eigenvalue weighted by atomic mass is 9.47. The van der Waals surface area contributed by atoms with E-state index in [0.717, 1.165) is 37.7 Å². The molecule has 0 spiro atoms. The van der Waals surface area contributed by atoms with Crippen molar-refractivity contribution in [1.29, 1.82) is 0 Å². The van der Waals surface area contributed by atoms with E-state index in [0.29, 0.717) is 35.5 Å². The smallest absolute Gasteiger partial charge is 0.309 e. The summed E-state index contributed by atoms with van der Waals surface area (Å²) in [7, 11) is 0. The van der Waals surface area contributed by atoms with Crippen LogP contribution < -0.4 is 0 Å². The van der Waals surface area contributed by atoms with Gasteiger partial charge < -0.3 is 4.74 Å². The Balaban J connectivity index is 1.37. The number of hydrogen-bond acceptors (Lipinski definition) is 3. The van der Waals surface area contributed by atoms with Crippen LogP contribution in [0.3, 0.4) is 0 Å². The standard InChI is InChI=1S/C28H38O3/c1-16(2)22-10-9-17(3)11-24(22)31-28(30)26-21-13-18-12-20(15-21)25(23(26)14-18)27(29)19-7-5-4-6-8-19/h4-8,16-18,20-26H,9-15H2,1-3H3/t17-,18+,20-,21+,22-,23-,24+,25-,26-/m1/s1. The zero-order valence-corrected chi connectivity index (χ0v) is 19.3. The van der Waals surface area contributed by atoms with Crippen molar-refractivity contribution in [3.63, 3.8) is 0 Å². The maximum Gasteiger partial charge on any atom is 0.309 e. The Labute approximate surface area is 187 Å². The molecule has 0 N–H and O–H groups in total. The summed E-state index contributed by atoms with van der Waals surface area (Å²) >= 11 is 0. The molecule has 0 heterocycles. The lowest BCUT2D eigenvalue weighted by Crippen LogP contribution is -2.56. The highest BCUT2D eigenvalue weighted by molar-refractivity contribution is 5.98. The van der Waals surface area contributed by atoms with E-state index < -0.39 is 0 Å². The first-order valence-electron chi connectivity index (χ1n) is 12.7. The molecule has 0 aromatic heterocycles. The largest absolute Gasteiger partial charge is 0.462 e. The van der Waals surface area contributed by atoms with Gasteiger partial charge in [-0.2, -0.15) is 0 Å². The zero-order chi connectivity index (χ0) is 21.7. The Morgan fingerprint density at radius 1 is 0.903 bits per heavy atom. The minimum Gasteiger partial charge on any atom is -0.462 e. The van der Waals surface area contributed by atoms with Crippen molar-refractivity contribution < 1.29 is 14.3 Å². The van der Waals surface area contributed by atoms with Crippen LogP contribution in [0.1, 0.15) is 76.1 Å². The molecule has 1 aromatic rings. The summed E-state index contributed by atoms with van der Waals surface area (Å²) in [4.78, 5) is 27.2. The van der Waals surface area contributed by atoms with Gasteiger partial charge in [-0.15, -0.1) is 0 Å². The molecule has 168 valence electrons. The summed E-state index contributed by atoms with van der Waals surface area (Å²) < 4.78 is 6.35. The molecule has 5 fully saturated rings. The van der Waals surface area contributed by atoms with Crippen LogP contribution in [0.4, 0.5) is 0 Å². The second kappa shape index (κ2) is 8.37. The van der Waals surface area contributed by atoms with E-state index in [4.69, 9.17) is 4.74 Å². The SMILES string of the molecule is CC(C)[C@H]1CC[C@@H](C)C[C@@H]1OC(=O)[C@@H]1[C@H]2C[C@@H]3C[C@H](C2)[C@@H](C(=O)c2ccccc2)[C@H]1C3. The first kappa shape index (κ1) is 21.2. The molecule has 1 aromatic carbocycles. The molecule has 6 rings (SSSR count). The average Bonchev–Trinajstić information content (AvgIpc) is 2.73. The number of benzene rings is 1. The van der Waals surface area contributed by atoms with Crippen molar-refractivity contribution in [2.24, 2.45) is 53.3 Å². The van der Waals surface area contributed by atoms with E-state index in [1.54, 1.807) is 0 Å². The van der Waals surface area contributed by atoms with Crippen molar-refractivity contribution in [3.05, 3.63) is 35.9 Å². The zero-order valence-electron chi connectivity index (χ0n) is 19.3. The third kappa shape index (κ3) is 3.87. The van der Waals surface area contributed by atoms with Crippen LogP contribution in [0.2, 0.25) is 0 Å². The summed E-state index contributed by atoms with van der Waals surface area (Å²) in [6.45, 7) is 6.81. The Kier molecular flexibility index (Phi) is 5.73. The second-order valence-electron chi connectivity index (χ2n) is 11.6. The molecule has 0 unspecified atom stereocenters. The molecule has 0 saturated heterocycles. The van der Waals surface area contributed by atoms with Crippen LogP contribution in [-0.4, -0.2) is 17.9 Å². The molecular weight excluding hydrogens is 384 g/mol. The van der Waals surface area contributed by atoms with Gasteiger partial charge in [0.2, 0.25) is 0 Å². The van der Waals surface area contributed by atoms with Gasteiger partial charge >= 0.3 is 5.97 Å².